The van der Waals surface area contributed by atoms with Crippen molar-refractivity contribution in [2.24, 2.45) is 0 Å². The molecule has 23 heavy (non-hydrogen) atoms. The van der Waals surface area contributed by atoms with Crippen LogP contribution in [0.25, 0.3) is 10.8 Å². The monoisotopic (exact) mass is 315 g/mol. The van der Waals surface area contributed by atoms with E-state index in [0.717, 1.165) is 18.9 Å². The lowest BCUT2D eigenvalue weighted by Gasteiger charge is -2.15. The van der Waals surface area contributed by atoms with Crippen LogP contribution in [0.1, 0.15) is 23.2 Å². The summed E-state index contributed by atoms with van der Waals surface area (Å²) in [5.41, 5.74) is -0.157. The second kappa shape index (κ2) is 6.16. The van der Waals surface area contributed by atoms with Gasteiger partial charge in [-0.25, -0.2) is 4.79 Å². The molecule has 2 aromatic carbocycles. The molecule has 1 fully saturated rings. The Kier molecular flexibility index (Phi) is 4.06. The van der Waals surface area contributed by atoms with Crippen LogP contribution in [0.2, 0.25) is 0 Å². The van der Waals surface area contributed by atoms with E-state index < -0.39 is 5.97 Å². The van der Waals surface area contributed by atoms with Crippen molar-refractivity contribution in [2.45, 2.75) is 12.8 Å². The molecule has 120 valence electrons. The number of rotatable bonds is 3. The standard InChI is InChI=1S/C17H17NO5/c19-14-9-13(16(21)12-6-2-1-5-11(12)14)17(22)23-10-15(20)18-7-3-4-8-18/h1-2,5-6,9,19,21H,3-4,7-8,10H2. The van der Waals surface area contributed by atoms with Crippen LogP contribution in [-0.2, 0) is 9.53 Å². The fraction of sp³-hybridized carbons (Fsp3) is 0.294. The van der Waals surface area contributed by atoms with Gasteiger partial charge in [0.2, 0.25) is 0 Å². The molecule has 0 spiro atoms. The molecule has 1 heterocycles. The fourth-order valence-electron chi connectivity index (χ4n) is 2.76. The van der Waals surface area contributed by atoms with Gasteiger partial charge in [0.1, 0.15) is 17.1 Å². The van der Waals surface area contributed by atoms with Crippen LogP contribution in [0.3, 0.4) is 0 Å². The lowest BCUT2D eigenvalue weighted by Crippen LogP contribution is -2.32. The number of phenols is 2. The van der Waals surface area contributed by atoms with Crippen molar-refractivity contribution in [3.8, 4) is 11.5 Å². The second-order valence-corrected chi connectivity index (χ2v) is 5.50. The maximum absolute atomic E-state index is 12.1. The Balaban J connectivity index is 1.78. The predicted octanol–water partition coefficient (Wildman–Crippen LogP) is 2.03. The average Bonchev–Trinajstić information content (AvgIpc) is 3.10. The molecule has 6 heteroatoms. The predicted molar refractivity (Wildman–Crippen MR) is 83.4 cm³/mol. The van der Waals surface area contributed by atoms with E-state index in [-0.39, 0.29) is 29.6 Å². The average molecular weight is 315 g/mol. The minimum atomic E-state index is -0.837. The third-order valence-corrected chi connectivity index (χ3v) is 4.00. The maximum atomic E-state index is 12.1. The van der Waals surface area contributed by atoms with E-state index >= 15 is 0 Å². The number of nitrogens with zero attached hydrogens (tertiary/aromatic N) is 1. The topological polar surface area (TPSA) is 87.1 Å². The van der Waals surface area contributed by atoms with E-state index in [9.17, 15) is 19.8 Å². The lowest BCUT2D eigenvalue weighted by atomic mass is 10.0. The van der Waals surface area contributed by atoms with Crippen molar-refractivity contribution in [2.75, 3.05) is 19.7 Å². The first-order chi connectivity index (χ1) is 11.1. The van der Waals surface area contributed by atoms with Crippen molar-refractivity contribution in [3.63, 3.8) is 0 Å². The fourth-order valence-corrected chi connectivity index (χ4v) is 2.76. The van der Waals surface area contributed by atoms with E-state index in [1.807, 2.05) is 0 Å². The Bertz CT molecular complexity index is 765. The van der Waals surface area contributed by atoms with Gasteiger partial charge in [-0.05, 0) is 18.9 Å². The number of likely N-dealkylation sites (tertiary alicyclic amines) is 1. The zero-order chi connectivity index (χ0) is 16.4. The smallest absolute Gasteiger partial charge is 0.342 e. The van der Waals surface area contributed by atoms with Gasteiger partial charge in [0.05, 0.1) is 0 Å². The van der Waals surface area contributed by atoms with Gasteiger partial charge in [0.15, 0.2) is 6.61 Å². The molecule has 2 aromatic rings. The highest BCUT2D eigenvalue weighted by Gasteiger charge is 2.22. The van der Waals surface area contributed by atoms with Crippen LogP contribution in [0.4, 0.5) is 0 Å². The quantitative estimate of drug-likeness (QED) is 0.668. The van der Waals surface area contributed by atoms with Gasteiger partial charge < -0.3 is 19.8 Å². The van der Waals surface area contributed by atoms with Crippen LogP contribution in [0, 0.1) is 0 Å². The molecule has 1 saturated heterocycles. The molecular formula is C17H17NO5. The van der Waals surface area contributed by atoms with Gasteiger partial charge in [0, 0.05) is 23.9 Å². The summed E-state index contributed by atoms with van der Waals surface area (Å²) in [6.45, 7) is 0.989. The van der Waals surface area contributed by atoms with Crippen LogP contribution >= 0.6 is 0 Å². The van der Waals surface area contributed by atoms with Gasteiger partial charge >= 0.3 is 5.97 Å². The minimum Gasteiger partial charge on any atom is -0.507 e. The minimum absolute atomic E-state index is 0.129. The van der Waals surface area contributed by atoms with Gasteiger partial charge in [-0.15, -0.1) is 0 Å². The van der Waals surface area contributed by atoms with Crippen LogP contribution in [0.5, 0.6) is 11.5 Å². The van der Waals surface area contributed by atoms with Crippen molar-refractivity contribution in [1.82, 2.24) is 4.90 Å². The second-order valence-electron chi connectivity index (χ2n) is 5.50. The molecule has 2 N–H and O–H groups in total. The Morgan fingerprint density at radius 1 is 1.09 bits per heavy atom. The number of fused-ring (bicyclic) bond motifs is 1. The summed E-state index contributed by atoms with van der Waals surface area (Å²) in [7, 11) is 0. The van der Waals surface area contributed by atoms with Gasteiger partial charge in [0.25, 0.3) is 5.91 Å². The number of ether oxygens (including phenoxy) is 1. The van der Waals surface area contributed by atoms with Crippen molar-refractivity contribution >= 4 is 22.6 Å². The molecule has 3 rings (SSSR count). The summed E-state index contributed by atoms with van der Waals surface area (Å²) in [5.74, 6) is -1.48. The molecule has 0 aliphatic carbocycles. The Hall–Kier alpha value is -2.76. The first-order valence-electron chi connectivity index (χ1n) is 7.46. The Morgan fingerprint density at radius 2 is 1.74 bits per heavy atom. The molecule has 1 amide bonds. The normalized spacial score (nSPS) is 14.2. The summed E-state index contributed by atoms with van der Waals surface area (Å²) in [5, 5.41) is 21.0. The number of benzene rings is 2. The number of carbonyl (C=O) groups is 2. The SMILES string of the molecule is O=C(OCC(=O)N1CCCC1)c1cc(O)c2ccccc2c1O. The number of hydrogen-bond donors (Lipinski definition) is 2. The molecule has 0 aromatic heterocycles. The Morgan fingerprint density at radius 3 is 2.43 bits per heavy atom. The molecular weight excluding hydrogens is 298 g/mol. The highest BCUT2D eigenvalue weighted by atomic mass is 16.5. The number of phenolic OH excluding ortho intramolecular Hbond substituents is 2. The van der Waals surface area contributed by atoms with E-state index in [1.165, 1.54) is 0 Å². The molecule has 1 aliphatic heterocycles. The number of hydrogen-bond acceptors (Lipinski definition) is 5. The van der Waals surface area contributed by atoms with Crippen molar-refractivity contribution < 1.29 is 24.5 Å². The van der Waals surface area contributed by atoms with E-state index in [0.29, 0.717) is 23.9 Å². The molecule has 0 atom stereocenters. The van der Waals surface area contributed by atoms with Gasteiger partial charge in [-0.1, -0.05) is 24.3 Å². The summed E-state index contributed by atoms with van der Waals surface area (Å²) >= 11 is 0. The van der Waals surface area contributed by atoms with E-state index in [4.69, 9.17) is 4.74 Å². The summed E-state index contributed by atoms with van der Waals surface area (Å²) in [4.78, 5) is 25.6. The first-order valence-corrected chi connectivity index (χ1v) is 7.46. The molecule has 0 radical (unpaired) electrons. The third-order valence-electron chi connectivity index (χ3n) is 4.00. The summed E-state index contributed by atoms with van der Waals surface area (Å²) in [6.07, 6.45) is 1.91. The van der Waals surface area contributed by atoms with E-state index in [2.05, 4.69) is 0 Å². The van der Waals surface area contributed by atoms with Crippen molar-refractivity contribution in [1.29, 1.82) is 0 Å². The summed E-state index contributed by atoms with van der Waals surface area (Å²) in [6, 6.07) is 7.79. The number of carbonyl (C=O) groups excluding carboxylic acids is 2. The van der Waals surface area contributed by atoms with E-state index in [1.54, 1.807) is 29.2 Å². The zero-order valence-electron chi connectivity index (χ0n) is 12.5. The number of esters is 1. The Labute approximate surface area is 132 Å². The first kappa shape index (κ1) is 15.1. The van der Waals surface area contributed by atoms with Gasteiger partial charge in [-0.3, -0.25) is 4.79 Å². The molecule has 0 saturated carbocycles. The highest BCUT2D eigenvalue weighted by Crippen LogP contribution is 2.35. The molecule has 0 unspecified atom stereocenters. The summed E-state index contributed by atoms with van der Waals surface area (Å²) < 4.78 is 4.99. The lowest BCUT2D eigenvalue weighted by molar-refractivity contribution is -0.133. The molecule has 0 bridgehead atoms. The highest BCUT2D eigenvalue weighted by molar-refractivity contribution is 6.04. The van der Waals surface area contributed by atoms with Gasteiger partial charge in [-0.2, -0.15) is 0 Å². The number of amides is 1. The van der Waals surface area contributed by atoms with Crippen molar-refractivity contribution in [3.05, 3.63) is 35.9 Å². The van der Waals surface area contributed by atoms with Crippen LogP contribution < -0.4 is 0 Å². The van der Waals surface area contributed by atoms with Crippen LogP contribution in [0.15, 0.2) is 30.3 Å². The molecule has 1 aliphatic rings. The molecule has 6 nitrogen and oxygen atoms in total. The number of aromatic hydroxyl groups is 2. The largest absolute Gasteiger partial charge is 0.507 e. The van der Waals surface area contributed by atoms with Crippen LogP contribution in [-0.4, -0.2) is 46.7 Å². The maximum Gasteiger partial charge on any atom is 0.342 e. The zero-order valence-corrected chi connectivity index (χ0v) is 12.5. The third kappa shape index (κ3) is 2.92.